The first kappa shape index (κ1) is 15.8. The Balaban J connectivity index is 0. The number of ether oxygens (including phenoxy) is 1. The molecular formula is C10H24N2O2. The Hall–Kier alpha value is -0.610. The van der Waals surface area contributed by atoms with Crippen molar-refractivity contribution in [2.45, 2.75) is 27.2 Å². The highest BCUT2D eigenvalue weighted by molar-refractivity contribution is 5.77. The van der Waals surface area contributed by atoms with E-state index in [9.17, 15) is 4.79 Å². The fraction of sp³-hybridized carbons (Fsp3) is 0.900. The second kappa shape index (κ2) is 14.9. The Labute approximate surface area is 87.4 Å². The van der Waals surface area contributed by atoms with Gasteiger partial charge < -0.3 is 15.4 Å². The van der Waals surface area contributed by atoms with Gasteiger partial charge in [-0.15, -0.1) is 0 Å². The third-order valence-corrected chi connectivity index (χ3v) is 1.33. The Morgan fingerprint density at radius 1 is 1.36 bits per heavy atom. The number of hydrogen-bond acceptors (Lipinski definition) is 3. The molecule has 0 aromatic heterocycles. The second-order valence-electron chi connectivity index (χ2n) is 2.43. The molecule has 0 unspecified atom stereocenters. The molecule has 0 aliphatic rings. The zero-order valence-corrected chi connectivity index (χ0v) is 9.85. The van der Waals surface area contributed by atoms with E-state index >= 15 is 0 Å². The third kappa shape index (κ3) is 13.9. The number of rotatable bonds is 7. The normalized spacial score (nSPS) is 8.86. The van der Waals surface area contributed by atoms with Crippen LogP contribution in [0.25, 0.3) is 0 Å². The van der Waals surface area contributed by atoms with Gasteiger partial charge in [-0.3, -0.25) is 4.79 Å². The van der Waals surface area contributed by atoms with Crippen LogP contribution in [0.1, 0.15) is 27.2 Å². The van der Waals surface area contributed by atoms with Crippen molar-refractivity contribution in [1.82, 2.24) is 10.6 Å². The van der Waals surface area contributed by atoms with Crippen LogP contribution in [0.5, 0.6) is 0 Å². The molecule has 0 aromatic carbocycles. The summed E-state index contributed by atoms with van der Waals surface area (Å²) in [6.07, 6.45) is 0.878. The van der Waals surface area contributed by atoms with Crippen LogP contribution in [0, 0.1) is 0 Å². The Kier molecular flexibility index (Phi) is 16.9. The van der Waals surface area contributed by atoms with Gasteiger partial charge in [-0.25, -0.2) is 0 Å². The van der Waals surface area contributed by atoms with Crippen molar-refractivity contribution in [3.8, 4) is 0 Å². The van der Waals surface area contributed by atoms with Crippen LogP contribution in [0.3, 0.4) is 0 Å². The van der Waals surface area contributed by atoms with Crippen molar-refractivity contribution in [2.24, 2.45) is 0 Å². The molecule has 0 rings (SSSR count). The summed E-state index contributed by atoms with van der Waals surface area (Å²) in [5, 5.41) is 5.54. The first-order valence-electron chi connectivity index (χ1n) is 5.30. The molecule has 4 nitrogen and oxygen atoms in total. The molecular weight excluding hydrogens is 180 g/mol. The number of carbonyl (C=O) groups is 1. The van der Waals surface area contributed by atoms with E-state index in [0.29, 0.717) is 13.1 Å². The van der Waals surface area contributed by atoms with E-state index < -0.39 is 0 Å². The monoisotopic (exact) mass is 204 g/mol. The molecule has 0 radical (unpaired) electrons. The Morgan fingerprint density at radius 2 is 2.00 bits per heavy atom. The quantitative estimate of drug-likeness (QED) is 0.602. The summed E-state index contributed by atoms with van der Waals surface area (Å²) in [6.45, 7) is 8.50. The van der Waals surface area contributed by atoms with Gasteiger partial charge in [0.15, 0.2) is 0 Å². The number of carbonyl (C=O) groups excluding carboxylic acids is 1. The molecule has 0 aliphatic carbocycles. The van der Waals surface area contributed by atoms with E-state index in [1.54, 1.807) is 7.05 Å². The summed E-state index contributed by atoms with van der Waals surface area (Å²) in [5.74, 6) is 0.0361. The standard InChI is InChI=1S/C8H18N2O2.C2H6/c1-3-12-6-4-5-10-8(11)7-9-2;1-2/h9H,3-7H2,1-2H3,(H,10,11);1-2H3. The summed E-state index contributed by atoms with van der Waals surface area (Å²) in [4.78, 5) is 10.9. The molecule has 14 heavy (non-hydrogen) atoms. The molecule has 86 valence electrons. The molecule has 0 saturated carbocycles. The zero-order valence-electron chi connectivity index (χ0n) is 9.85. The van der Waals surface area contributed by atoms with Crippen molar-refractivity contribution >= 4 is 5.91 Å². The van der Waals surface area contributed by atoms with Crippen LogP contribution < -0.4 is 10.6 Å². The van der Waals surface area contributed by atoms with Gasteiger partial charge in [0.1, 0.15) is 0 Å². The minimum absolute atomic E-state index is 0.0361. The second-order valence-corrected chi connectivity index (χ2v) is 2.43. The van der Waals surface area contributed by atoms with Crippen molar-refractivity contribution in [3.05, 3.63) is 0 Å². The van der Waals surface area contributed by atoms with Gasteiger partial charge >= 0.3 is 0 Å². The molecule has 0 heterocycles. The predicted octanol–water partition coefficient (Wildman–Crippen LogP) is 0.775. The highest BCUT2D eigenvalue weighted by Crippen LogP contribution is 1.79. The van der Waals surface area contributed by atoms with Gasteiger partial charge in [0, 0.05) is 19.8 Å². The van der Waals surface area contributed by atoms with Gasteiger partial charge in [-0.1, -0.05) is 13.8 Å². The van der Waals surface area contributed by atoms with E-state index in [4.69, 9.17) is 4.74 Å². The van der Waals surface area contributed by atoms with Gasteiger partial charge in [0.05, 0.1) is 6.54 Å². The number of amides is 1. The lowest BCUT2D eigenvalue weighted by Crippen LogP contribution is -2.33. The smallest absolute Gasteiger partial charge is 0.233 e. The van der Waals surface area contributed by atoms with Crippen molar-refractivity contribution in [2.75, 3.05) is 33.4 Å². The van der Waals surface area contributed by atoms with Crippen LogP contribution in [-0.2, 0) is 9.53 Å². The largest absolute Gasteiger partial charge is 0.382 e. The first-order chi connectivity index (χ1) is 6.81. The summed E-state index contributed by atoms with van der Waals surface area (Å²) in [7, 11) is 1.75. The van der Waals surface area contributed by atoms with Gasteiger partial charge in [0.2, 0.25) is 5.91 Å². The topological polar surface area (TPSA) is 50.4 Å². The summed E-state index contributed by atoms with van der Waals surface area (Å²) in [6, 6.07) is 0. The number of nitrogens with one attached hydrogen (secondary N) is 2. The lowest BCUT2D eigenvalue weighted by Gasteiger charge is -2.04. The van der Waals surface area contributed by atoms with Crippen molar-refractivity contribution in [1.29, 1.82) is 0 Å². The SMILES string of the molecule is CC.CCOCCCNC(=O)CNC. The maximum Gasteiger partial charge on any atom is 0.233 e. The van der Waals surface area contributed by atoms with Gasteiger partial charge in [-0.2, -0.15) is 0 Å². The summed E-state index contributed by atoms with van der Waals surface area (Å²) >= 11 is 0. The first-order valence-corrected chi connectivity index (χ1v) is 5.30. The van der Waals surface area contributed by atoms with Gasteiger partial charge in [-0.05, 0) is 20.4 Å². The fourth-order valence-electron chi connectivity index (χ4n) is 0.769. The average Bonchev–Trinajstić information content (AvgIpc) is 2.21. The molecule has 0 aromatic rings. The number of likely N-dealkylation sites (N-methyl/N-ethyl adjacent to an activating group) is 1. The molecule has 0 fully saturated rings. The van der Waals surface area contributed by atoms with Crippen LogP contribution in [-0.4, -0.2) is 39.3 Å². The maximum absolute atomic E-state index is 10.9. The molecule has 0 spiro atoms. The predicted molar refractivity (Wildman–Crippen MR) is 59.4 cm³/mol. The minimum atomic E-state index is 0.0361. The summed E-state index contributed by atoms with van der Waals surface area (Å²) in [5.41, 5.74) is 0. The maximum atomic E-state index is 10.9. The molecule has 0 aliphatic heterocycles. The average molecular weight is 204 g/mol. The number of hydrogen-bond donors (Lipinski definition) is 2. The van der Waals surface area contributed by atoms with E-state index in [1.807, 2.05) is 20.8 Å². The molecule has 0 saturated heterocycles. The van der Waals surface area contributed by atoms with Crippen LogP contribution in [0.4, 0.5) is 0 Å². The van der Waals surface area contributed by atoms with Gasteiger partial charge in [0.25, 0.3) is 0 Å². The Morgan fingerprint density at radius 3 is 2.50 bits per heavy atom. The highest BCUT2D eigenvalue weighted by Gasteiger charge is 1.96. The van der Waals surface area contributed by atoms with E-state index in [2.05, 4.69) is 10.6 Å². The lowest BCUT2D eigenvalue weighted by atomic mass is 10.4. The highest BCUT2D eigenvalue weighted by atomic mass is 16.5. The fourth-order valence-corrected chi connectivity index (χ4v) is 0.769. The van der Waals surface area contributed by atoms with Crippen LogP contribution in [0.2, 0.25) is 0 Å². The van der Waals surface area contributed by atoms with E-state index in [0.717, 1.165) is 19.6 Å². The zero-order chi connectivity index (χ0) is 11.2. The van der Waals surface area contributed by atoms with Crippen LogP contribution in [0.15, 0.2) is 0 Å². The molecule has 0 atom stereocenters. The molecule has 0 bridgehead atoms. The van der Waals surface area contributed by atoms with E-state index in [1.165, 1.54) is 0 Å². The van der Waals surface area contributed by atoms with Crippen molar-refractivity contribution < 1.29 is 9.53 Å². The lowest BCUT2D eigenvalue weighted by molar-refractivity contribution is -0.120. The van der Waals surface area contributed by atoms with Crippen LogP contribution >= 0.6 is 0 Å². The molecule has 4 heteroatoms. The Bertz CT molecular complexity index is 119. The summed E-state index contributed by atoms with van der Waals surface area (Å²) < 4.78 is 5.11. The molecule has 2 N–H and O–H groups in total. The van der Waals surface area contributed by atoms with Crippen molar-refractivity contribution in [3.63, 3.8) is 0 Å². The molecule has 1 amide bonds. The van der Waals surface area contributed by atoms with E-state index in [-0.39, 0.29) is 5.91 Å². The third-order valence-electron chi connectivity index (χ3n) is 1.33. The minimum Gasteiger partial charge on any atom is -0.382 e.